The molecule has 0 amide bonds. The van der Waals surface area contributed by atoms with E-state index in [-0.39, 0.29) is 6.10 Å². The molecular formula is C18H26N4O. The molecule has 0 unspecified atom stereocenters. The van der Waals surface area contributed by atoms with E-state index in [1.54, 1.807) is 7.11 Å². The smallest absolute Gasteiger partial charge is 0.124 e. The second kappa shape index (κ2) is 7.73. The third-order valence-corrected chi connectivity index (χ3v) is 4.70. The van der Waals surface area contributed by atoms with Gasteiger partial charge in [0.05, 0.1) is 12.1 Å². The number of imidazole rings is 1. The Morgan fingerprint density at radius 2 is 2.13 bits per heavy atom. The molecule has 3 rings (SSSR count). The number of methoxy groups -OCH3 is 1. The monoisotopic (exact) mass is 314 g/mol. The summed E-state index contributed by atoms with van der Waals surface area (Å²) in [5.41, 5.74) is 1.24. The summed E-state index contributed by atoms with van der Waals surface area (Å²) in [5, 5.41) is 0. The summed E-state index contributed by atoms with van der Waals surface area (Å²) in [6.45, 7) is 7.29. The first-order chi connectivity index (χ1) is 11.3. The van der Waals surface area contributed by atoms with Crippen molar-refractivity contribution in [3.63, 3.8) is 0 Å². The number of piperazine rings is 1. The van der Waals surface area contributed by atoms with Crippen LogP contribution in [0.15, 0.2) is 42.7 Å². The summed E-state index contributed by atoms with van der Waals surface area (Å²) >= 11 is 0. The maximum absolute atomic E-state index is 5.74. The average Bonchev–Trinajstić information content (AvgIpc) is 3.14. The molecule has 2 atom stereocenters. The second-order valence-electron chi connectivity index (χ2n) is 6.01. The van der Waals surface area contributed by atoms with Crippen molar-refractivity contribution in [2.24, 2.45) is 0 Å². The van der Waals surface area contributed by atoms with Crippen molar-refractivity contribution in [3.05, 3.63) is 54.1 Å². The van der Waals surface area contributed by atoms with Crippen LogP contribution in [0.3, 0.4) is 0 Å². The van der Waals surface area contributed by atoms with Crippen molar-refractivity contribution in [1.82, 2.24) is 19.8 Å². The number of rotatable bonds is 6. The molecule has 0 bridgehead atoms. The standard InChI is InChI=1S/C18H26N4O/c1-3-22-12-11-21(13-16(22)18-19-9-10-20-18)14-17(23-2)15-7-5-4-6-8-15/h4-10,16-17H,3,11-14H2,1-2H3,(H,19,20)/t16-,17-/m0/s1. The molecule has 0 aliphatic carbocycles. The van der Waals surface area contributed by atoms with Crippen LogP contribution in [0.5, 0.6) is 0 Å². The molecule has 0 spiro atoms. The summed E-state index contributed by atoms with van der Waals surface area (Å²) < 4.78 is 5.74. The van der Waals surface area contributed by atoms with E-state index in [0.29, 0.717) is 6.04 Å². The number of nitrogens with zero attached hydrogens (tertiary/aromatic N) is 3. The highest BCUT2D eigenvalue weighted by Gasteiger charge is 2.30. The number of ether oxygens (including phenoxy) is 1. The van der Waals surface area contributed by atoms with Crippen LogP contribution in [-0.4, -0.2) is 59.6 Å². The van der Waals surface area contributed by atoms with Crippen molar-refractivity contribution in [1.29, 1.82) is 0 Å². The molecule has 1 aromatic heterocycles. The van der Waals surface area contributed by atoms with Crippen LogP contribution in [0.4, 0.5) is 0 Å². The molecule has 1 saturated heterocycles. The van der Waals surface area contributed by atoms with Gasteiger partial charge < -0.3 is 9.72 Å². The molecule has 0 radical (unpaired) electrons. The zero-order valence-corrected chi connectivity index (χ0v) is 14.0. The van der Waals surface area contributed by atoms with Gasteiger partial charge in [0.25, 0.3) is 0 Å². The SMILES string of the molecule is CCN1CCN(C[C@H](OC)c2ccccc2)C[C@H]1c1ncc[nH]1. The van der Waals surface area contributed by atoms with E-state index in [1.807, 2.05) is 18.5 Å². The summed E-state index contributed by atoms with van der Waals surface area (Å²) in [5.74, 6) is 1.06. The Balaban J connectivity index is 1.69. The Morgan fingerprint density at radius 1 is 1.30 bits per heavy atom. The third-order valence-electron chi connectivity index (χ3n) is 4.70. The van der Waals surface area contributed by atoms with E-state index < -0.39 is 0 Å². The number of nitrogens with one attached hydrogen (secondary N) is 1. The van der Waals surface area contributed by atoms with Gasteiger partial charge in [-0.05, 0) is 12.1 Å². The minimum atomic E-state index is 0.113. The van der Waals surface area contributed by atoms with E-state index in [9.17, 15) is 0 Å². The predicted octanol–water partition coefficient (Wildman–Crippen LogP) is 2.48. The predicted molar refractivity (Wildman–Crippen MR) is 91.2 cm³/mol. The molecule has 5 nitrogen and oxygen atoms in total. The fourth-order valence-electron chi connectivity index (χ4n) is 3.36. The maximum Gasteiger partial charge on any atom is 0.124 e. The van der Waals surface area contributed by atoms with Gasteiger partial charge in [0.1, 0.15) is 5.82 Å². The number of hydrogen-bond donors (Lipinski definition) is 1. The lowest BCUT2D eigenvalue weighted by atomic mass is 10.1. The van der Waals surface area contributed by atoms with Gasteiger partial charge in [0, 0.05) is 45.7 Å². The van der Waals surface area contributed by atoms with Gasteiger partial charge in [-0.25, -0.2) is 4.98 Å². The van der Waals surface area contributed by atoms with Crippen molar-refractivity contribution in [3.8, 4) is 0 Å². The quantitative estimate of drug-likeness (QED) is 0.890. The zero-order chi connectivity index (χ0) is 16.1. The molecule has 23 heavy (non-hydrogen) atoms. The van der Waals surface area contributed by atoms with Crippen LogP contribution in [0, 0.1) is 0 Å². The Hall–Kier alpha value is -1.69. The molecule has 1 fully saturated rings. The normalized spacial score (nSPS) is 21.4. The van der Waals surface area contributed by atoms with Gasteiger partial charge in [0.15, 0.2) is 0 Å². The van der Waals surface area contributed by atoms with Gasteiger partial charge >= 0.3 is 0 Å². The number of H-pyrrole nitrogens is 1. The van der Waals surface area contributed by atoms with Crippen LogP contribution in [-0.2, 0) is 4.74 Å². The largest absolute Gasteiger partial charge is 0.375 e. The summed E-state index contributed by atoms with van der Waals surface area (Å²) in [7, 11) is 1.80. The van der Waals surface area contributed by atoms with Crippen LogP contribution in [0.1, 0.15) is 30.5 Å². The van der Waals surface area contributed by atoms with Crippen LogP contribution >= 0.6 is 0 Å². The van der Waals surface area contributed by atoms with Crippen LogP contribution in [0.25, 0.3) is 0 Å². The minimum absolute atomic E-state index is 0.113. The topological polar surface area (TPSA) is 44.4 Å². The number of likely N-dealkylation sites (N-methyl/N-ethyl adjacent to an activating group) is 1. The molecular weight excluding hydrogens is 288 g/mol. The van der Waals surface area contributed by atoms with E-state index in [4.69, 9.17) is 4.74 Å². The summed E-state index contributed by atoms with van der Waals surface area (Å²) in [6.07, 6.45) is 3.86. The first kappa shape index (κ1) is 16.2. The van der Waals surface area contributed by atoms with Gasteiger partial charge in [-0.2, -0.15) is 0 Å². The molecule has 2 aromatic rings. The highest BCUT2D eigenvalue weighted by atomic mass is 16.5. The molecule has 5 heteroatoms. The highest BCUT2D eigenvalue weighted by Crippen LogP contribution is 2.25. The molecule has 2 heterocycles. The zero-order valence-electron chi connectivity index (χ0n) is 14.0. The van der Waals surface area contributed by atoms with Crippen LogP contribution < -0.4 is 0 Å². The number of hydrogen-bond acceptors (Lipinski definition) is 4. The Bertz CT molecular complexity index is 570. The Labute approximate surface area is 138 Å². The molecule has 0 saturated carbocycles. The summed E-state index contributed by atoms with van der Waals surface area (Å²) in [4.78, 5) is 12.7. The van der Waals surface area contributed by atoms with Crippen LogP contribution in [0.2, 0.25) is 0 Å². The van der Waals surface area contributed by atoms with E-state index >= 15 is 0 Å². The number of benzene rings is 1. The molecule has 1 N–H and O–H groups in total. The second-order valence-corrected chi connectivity index (χ2v) is 6.01. The fourth-order valence-corrected chi connectivity index (χ4v) is 3.36. The lowest BCUT2D eigenvalue weighted by molar-refractivity contribution is 0.0200. The third kappa shape index (κ3) is 3.80. The van der Waals surface area contributed by atoms with Gasteiger partial charge in [0.2, 0.25) is 0 Å². The van der Waals surface area contributed by atoms with Gasteiger partial charge in [-0.15, -0.1) is 0 Å². The van der Waals surface area contributed by atoms with Crippen molar-refractivity contribution in [2.45, 2.75) is 19.1 Å². The van der Waals surface area contributed by atoms with E-state index in [0.717, 1.165) is 38.5 Å². The Kier molecular flexibility index (Phi) is 5.43. The van der Waals surface area contributed by atoms with Gasteiger partial charge in [-0.1, -0.05) is 37.3 Å². The Morgan fingerprint density at radius 3 is 2.78 bits per heavy atom. The van der Waals surface area contributed by atoms with Crippen molar-refractivity contribution >= 4 is 0 Å². The molecule has 124 valence electrons. The maximum atomic E-state index is 5.74. The first-order valence-corrected chi connectivity index (χ1v) is 8.35. The lowest BCUT2D eigenvalue weighted by Crippen LogP contribution is -2.49. The van der Waals surface area contributed by atoms with Crippen molar-refractivity contribution < 1.29 is 4.74 Å². The number of aromatic nitrogens is 2. The molecule has 1 aliphatic rings. The average molecular weight is 314 g/mol. The summed E-state index contributed by atoms with van der Waals surface area (Å²) in [6, 6.07) is 10.8. The lowest BCUT2D eigenvalue weighted by Gasteiger charge is -2.41. The minimum Gasteiger partial charge on any atom is -0.375 e. The number of aromatic amines is 1. The van der Waals surface area contributed by atoms with E-state index in [2.05, 4.69) is 51.0 Å². The van der Waals surface area contributed by atoms with Gasteiger partial charge in [-0.3, -0.25) is 9.80 Å². The molecule has 1 aromatic carbocycles. The van der Waals surface area contributed by atoms with Crippen molar-refractivity contribution in [2.75, 3.05) is 39.8 Å². The van der Waals surface area contributed by atoms with E-state index in [1.165, 1.54) is 5.56 Å². The highest BCUT2D eigenvalue weighted by molar-refractivity contribution is 5.18. The fraction of sp³-hybridized carbons (Fsp3) is 0.500. The first-order valence-electron chi connectivity index (χ1n) is 8.35. The molecule has 1 aliphatic heterocycles.